The van der Waals surface area contributed by atoms with Crippen LogP contribution in [0, 0.1) is 11.6 Å². The second-order valence-corrected chi connectivity index (χ2v) is 11.0. The van der Waals surface area contributed by atoms with E-state index in [1.54, 1.807) is 37.3 Å². The number of nitrogens with one attached hydrogen (secondary N) is 1. The zero-order chi connectivity index (χ0) is 27.4. The molecule has 2 aromatic carbocycles. The molecule has 0 aliphatic carbocycles. The van der Waals surface area contributed by atoms with E-state index in [4.69, 9.17) is 0 Å². The maximum absolute atomic E-state index is 14.6. The Morgan fingerprint density at radius 2 is 1.71 bits per heavy atom. The van der Waals surface area contributed by atoms with Crippen LogP contribution in [0.4, 0.5) is 8.78 Å². The maximum atomic E-state index is 14.6. The van der Waals surface area contributed by atoms with Gasteiger partial charge in [-0.25, -0.2) is 22.2 Å². The van der Waals surface area contributed by atoms with E-state index in [2.05, 4.69) is 10.4 Å². The number of rotatable bonds is 8. The van der Waals surface area contributed by atoms with Crippen molar-refractivity contribution in [2.45, 2.75) is 44.7 Å². The topological polar surface area (TPSA) is 82.1 Å². The van der Waals surface area contributed by atoms with E-state index in [1.165, 1.54) is 39.7 Å². The summed E-state index contributed by atoms with van der Waals surface area (Å²) in [5.41, 5.74) is 2.22. The fourth-order valence-corrected chi connectivity index (χ4v) is 5.95. The molecule has 200 valence electrons. The van der Waals surface area contributed by atoms with Crippen molar-refractivity contribution < 1.29 is 22.0 Å². The highest BCUT2D eigenvalue weighted by Crippen LogP contribution is 2.27. The third-order valence-corrected chi connectivity index (χ3v) is 8.07. The summed E-state index contributed by atoms with van der Waals surface area (Å²) in [5.74, 6) is -1.81. The first-order valence-corrected chi connectivity index (χ1v) is 13.9. The van der Waals surface area contributed by atoms with Crippen molar-refractivity contribution >= 4 is 32.9 Å². The number of carbonyl (C=O) groups excluding carboxylic acids is 1. The van der Waals surface area contributed by atoms with Crippen molar-refractivity contribution in [2.24, 2.45) is 5.10 Å². The molecule has 2 aromatic rings. The van der Waals surface area contributed by atoms with Crippen molar-refractivity contribution in [3.8, 4) is 0 Å². The van der Waals surface area contributed by atoms with Gasteiger partial charge < -0.3 is 5.32 Å². The molecule has 0 aromatic heterocycles. The highest BCUT2D eigenvalue weighted by atomic mass is 32.2. The van der Waals surface area contributed by atoms with E-state index in [-0.39, 0.29) is 10.5 Å². The average Bonchev–Trinajstić information content (AvgIpc) is 2.87. The quantitative estimate of drug-likeness (QED) is 0.516. The van der Waals surface area contributed by atoms with Gasteiger partial charge in [-0.15, -0.1) is 0 Å². The summed E-state index contributed by atoms with van der Waals surface area (Å²) in [5, 5.41) is 8.84. The van der Waals surface area contributed by atoms with E-state index < -0.39 is 33.7 Å². The van der Waals surface area contributed by atoms with Gasteiger partial charge in [-0.05, 0) is 67.3 Å². The maximum Gasteiger partial charge on any atom is 0.271 e. The van der Waals surface area contributed by atoms with E-state index in [9.17, 15) is 22.0 Å². The van der Waals surface area contributed by atoms with Gasteiger partial charge in [0.25, 0.3) is 5.91 Å². The van der Waals surface area contributed by atoms with Crippen molar-refractivity contribution in [3.63, 3.8) is 0 Å². The molecule has 7 nitrogen and oxygen atoms in total. The molecule has 2 heterocycles. The van der Waals surface area contributed by atoms with Crippen molar-refractivity contribution in [1.82, 2.24) is 14.6 Å². The lowest BCUT2D eigenvalue weighted by atomic mass is 10.0. The number of allylic oxidation sites excluding steroid dienone is 3. The molecule has 0 fully saturated rings. The largest absolute Gasteiger partial charge is 0.360 e. The van der Waals surface area contributed by atoms with E-state index >= 15 is 0 Å². The monoisotopic (exact) mass is 540 g/mol. The van der Waals surface area contributed by atoms with Gasteiger partial charge in [0.1, 0.15) is 17.8 Å². The lowest BCUT2D eigenvalue weighted by Gasteiger charge is -2.33. The Kier molecular flexibility index (Phi) is 8.23. The average molecular weight is 541 g/mol. The second-order valence-electron chi connectivity index (χ2n) is 9.08. The molecule has 0 spiro atoms. The number of sulfonamides is 1. The first-order chi connectivity index (χ1) is 18.1. The van der Waals surface area contributed by atoms with Crippen LogP contribution in [0.25, 0.3) is 11.3 Å². The third-order valence-electron chi connectivity index (χ3n) is 6.16. The molecule has 0 bridgehead atoms. The molecule has 1 N–H and O–H groups in total. The van der Waals surface area contributed by atoms with Crippen LogP contribution < -0.4 is 5.32 Å². The summed E-state index contributed by atoms with van der Waals surface area (Å²) in [6, 6.07) is 9.68. The number of hydrogen-bond acceptors (Lipinski definition) is 5. The van der Waals surface area contributed by atoms with Crippen molar-refractivity contribution in [2.75, 3.05) is 13.1 Å². The SMILES string of the molecule is CCCN(CCC)S(=O)(=O)c1ccc(C2=CC(=O)N3\N=C(C)/C=C\C(c4ccc(F)cc4F)=C/C3N2)cc1. The molecular formula is C28H30F2N4O3S. The first kappa shape index (κ1) is 27.4. The Hall–Kier alpha value is -3.63. The Balaban J connectivity index is 1.67. The number of benzene rings is 2. The molecule has 10 heteroatoms. The number of hydrogen-bond donors (Lipinski definition) is 1. The normalized spacial score (nSPS) is 21.3. The van der Waals surface area contributed by atoms with Gasteiger partial charge in [0.15, 0.2) is 0 Å². The second kappa shape index (κ2) is 11.4. The number of hydrazone groups is 1. The van der Waals surface area contributed by atoms with Gasteiger partial charge in [0, 0.05) is 36.5 Å². The Labute approximate surface area is 221 Å². The molecule has 2 aliphatic heterocycles. The Morgan fingerprint density at radius 1 is 1.03 bits per heavy atom. The lowest BCUT2D eigenvalue weighted by Crippen LogP contribution is -2.48. The van der Waals surface area contributed by atoms with Gasteiger partial charge in [0.05, 0.1) is 10.6 Å². The molecular weight excluding hydrogens is 510 g/mol. The predicted molar refractivity (Wildman–Crippen MR) is 144 cm³/mol. The van der Waals surface area contributed by atoms with Crippen molar-refractivity contribution in [3.05, 3.63) is 89.5 Å². The number of halogens is 2. The number of carbonyl (C=O) groups is 1. The number of fused-ring (bicyclic) bond motifs is 1. The molecule has 4 rings (SSSR count). The summed E-state index contributed by atoms with van der Waals surface area (Å²) in [4.78, 5) is 13.2. The number of amides is 1. The lowest BCUT2D eigenvalue weighted by molar-refractivity contribution is -0.128. The third kappa shape index (κ3) is 5.76. The summed E-state index contributed by atoms with van der Waals surface area (Å²) < 4.78 is 55.8. The first-order valence-electron chi connectivity index (χ1n) is 12.5. The minimum Gasteiger partial charge on any atom is -0.360 e. The zero-order valence-corrected chi connectivity index (χ0v) is 22.3. The molecule has 1 atom stereocenters. The van der Waals surface area contributed by atoms with Gasteiger partial charge in [-0.2, -0.15) is 9.41 Å². The fraction of sp³-hybridized carbons (Fsp3) is 0.286. The van der Waals surface area contributed by atoms with Crippen LogP contribution >= 0.6 is 0 Å². The van der Waals surface area contributed by atoms with Gasteiger partial charge in [-0.1, -0.05) is 32.1 Å². The van der Waals surface area contributed by atoms with Crippen LogP contribution in [0.15, 0.2) is 76.8 Å². The molecule has 0 saturated heterocycles. The van der Waals surface area contributed by atoms with Crippen molar-refractivity contribution in [1.29, 1.82) is 0 Å². The summed E-state index contributed by atoms with van der Waals surface area (Å²) >= 11 is 0. The summed E-state index contributed by atoms with van der Waals surface area (Å²) in [7, 11) is -3.64. The van der Waals surface area contributed by atoms with Crippen LogP contribution in [-0.4, -0.2) is 48.6 Å². The van der Waals surface area contributed by atoms with E-state index in [0.717, 1.165) is 6.07 Å². The van der Waals surface area contributed by atoms with Crippen LogP contribution in [-0.2, 0) is 14.8 Å². The Bertz CT molecular complexity index is 1440. The van der Waals surface area contributed by atoms with Crippen LogP contribution in [0.5, 0.6) is 0 Å². The highest BCUT2D eigenvalue weighted by Gasteiger charge is 2.29. The predicted octanol–water partition coefficient (Wildman–Crippen LogP) is 4.90. The van der Waals surface area contributed by atoms with Gasteiger partial charge >= 0.3 is 0 Å². The molecule has 2 aliphatic rings. The zero-order valence-electron chi connectivity index (χ0n) is 21.5. The van der Waals surface area contributed by atoms with Gasteiger partial charge in [-0.3, -0.25) is 4.79 Å². The molecule has 1 unspecified atom stereocenters. The molecule has 1 amide bonds. The fourth-order valence-electron chi connectivity index (χ4n) is 4.33. The smallest absolute Gasteiger partial charge is 0.271 e. The minimum atomic E-state index is -3.64. The molecule has 0 radical (unpaired) electrons. The summed E-state index contributed by atoms with van der Waals surface area (Å²) in [6.07, 6.45) is 6.99. The summed E-state index contributed by atoms with van der Waals surface area (Å²) in [6.45, 7) is 6.46. The minimum absolute atomic E-state index is 0.179. The van der Waals surface area contributed by atoms with E-state index in [0.29, 0.717) is 48.5 Å². The van der Waals surface area contributed by atoms with Crippen LogP contribution in [0.3, 0.4) is 0 Å². The highest BCUT2D eigenvalue weighted by molar-refractivity contribution is 7.89. The molecule has 0 saturated carbocycles. The van der Waals surface area contributed by atoms with Crippen LogP contribution in [0.2, 0.25) is 0 Å². The van der Waals surface area contributed by atoms with Crippen LogP contribution in [0.1, 0.15) is 44.7 Å². The van der Waals surface area contributed by atoms with Gasteiger partial charge in [0.2, 0.25) is 10.0 Å². The number of nitrogens with zero attached hydrogens (tertiary/aromatic N) is 3. The Morgan fingerprint density at radius 3 is 2.34 bits per heavy atom. The van der Waals surface area contributed by atoms with E-state index in [1.807, 2.05) is 13.8 Å². The standard InChI is InChI=1S/C28H30F2N4O3S/c1-4-14-33(15-5-2)38(36,37)23-11-8-20(9-12-23)26-18-28(35)34-27(31-26)16-21(7-6-19(3)32-34)24-13-10-22(29)17-25(24)30/h6-13,16-18,27,31H,4-5,14-15H2,1-3H3/b7-6-,21-16+,32-19-. The molecule has 38 heavy (non-hydrogen) atoms.